The van der Waals surface area contributed by atoms with E-state index in [0.29, 0.717) is 13.2 Å². The highest BCUT2D eigenvalue weighted by molar-refractivity contribution is 5.68. The van der Waals surface area contributed by atoms with Crippen LogP contribution in [0.15, 0.2) is 0 Å². The molecular formula is C11H22N2O3. The number of hydrogen-bond donors (Lipinski definition) is 2. The molecule has 3 N–H and O–H groups in total. The molecule has 0 radical (unpaired) electrons. The van der Waals surface area contributed by atoms with Gasteiger partial charge in [-0.1, -0.05) is 0 Å². The van der Waals surface area contributed by atoms with Crippen molar-refractivity contribution in [1.29, 1.82) is 0 Å². The molecule has 1 saturated heterocycles. The number of rotatable bonds is 2. The van der Waals surface area contributed by atoms with Gasteiger partial charge in [-0.15, -0.1) is 0 Å². The van der Waals surface area contributed by atoms with Gasteiger partial charge in [0, 0.05) is 6.54 Å². The number of amides is 1. The summed E-state index contributed by atoms with van der Waals surface area (Å²) >= 11 is 0. The minimum atomic E-state index is -0.459. The van der Waals surface area contributed by atoms with Gasteiger partial charge in [0.05, 0.1) is 18.8 Å². The van der Waals surface area contributed by atoms with E-state index in [1.54, 1.807) is 0 Å². The third kappa shape index (κ3) is 4.81. The van der Waals surface area contributed by atoms with Crippen LogP contribution in [0.5, 0.6) is 0 Å². The van der Waals surface area contributed by atoms with Crippen LogP contribution < -0.4 is 11.1 Å². The topological polar surface area (TPSA) is 73.6 Å². The number of carbonyl (C=O) groups is 1. The Balaban J connectivity index is 2.26. The molecule has 1 heterocycles. The van der Waals surface area contributed by atoms with Crippen LogP contribution >= 0.6 is 0 Å². The summed E-state index contributed by atoms with van der Waals surface area (Å²) in [7, 11) is 0. The van der Waals surface area contributed by atoms with Crippen molar-refractivity contribution in [2.24, 2.45) is 5.73 Å². The Morgan fingerprint density at radius 2 is 2.19 bits per heavy atom. The van der Waals surface area contributed by atoms with E-state index in [-0.39, 0.29) is 18.2 Å². The van der Waals surface area contributed by atoms with Crippen molar-refractivity contribution in [2.75, 3.05) is 13.2 Å². The van der Waals surface area contributed by atoms with E-state index in [1.165, 1.54) is 0 Å². The molecule has 5 heteroatoms. The summed E-state index contributed by atoms with van der Waals surface area (Å²) in [4.78, 5) is 11.5. The number of alkyl carbamates (subject to hydrolysis) is 1. The Hall–Kier alpha value is -0.810. The van der Waals surface area contributed by atoms with E-state index < -0.39 is 5.60 Å². The quantitative estimate of drug-likeness (QED) is 0.742. The lowest BCUT2D eigenvalue weighted by Gasteiger charge is -2.29. The van der Waals surface area contributed by atoms with Crippen LogP contribution in [0.1, 0.15) is 33.6 Å². The van der Waals surface area contributed by atoms with Crippen LogP contribution in [0.4, 0.5) is 4.79 Å². The fourth-order valence-electron chi connectivity index (χ4n) is 1.58. The molecule has 0 aliphatic carbocycles. The first-order valence-corrected chi connectivity index (χ1v) is 5.72. The van der Waals surface area contributed by atoms with Crippen molar-refractivity contribution in [3.8, 4) is 0 Å². The van der Waals surface area contributed by atoms with Gasteiger partial charge in [-0.25, -0.2) is 4.79 Å². The van der Waals surface area contributed by atoms with Crippen molar-refractivity contribution in [3.63, 3.8) is 0 Å². The van der Waals surface area contributed by atoms with Crippen molar-refractivity contribution in [1.82, 2.24) is 5.32 Å². The third-order valence-corrected chi connectivity index (χ3v) is 2.35. The molecule has 1 fully saturated rings. The Labute approximate surface area is 96.7 Å². The van der Waals surface area contributed by atoms with Crippen molar-refractivity contribution in [3.05, 3.63) is 0 Å². The maximum absolute atomic E-state index is 11.5. The fraction of sp³-hybridized carbons (Fsp3) is 0.909. The second-order valence-electron chi connectivity index (χ2n) is 5.11. The predicted octanol–water partition coefficient (Wildman–Crippen LogP) is 1.02. The molecule has 1 amide bonds. The second-order valence-corrected chi connectivity index (χ2v) is 5.11. The zero-order valence-electron chi connectivity index (χ0n) is 10.3. The zero-order chi connectivity index (χ0) is 12.2. The average Bonchev–Trinajstić information content (AvgIpc) is 2.16. The van der Waals surface area contributed by atoms with Gasteiger partial charge in [0.2, 0.25) is 0 Å². The van der Waals surface area contributed by atoms with Gasteiger partial charge in [0.15, 0.2) is 0 Å². The summed E-state index contributed by atoms with van der Waals surface area (Å²) in [6, 6.07) is 0.0395. The third-order valence-electron chi connectivity index (χ3n) is 2.35. The summed E-state index contributed by atoms with van der Waals surface area (Å²) in [5.41, 5.74) is 5.04. The zero-order valence-corrected chi connectivity index (χ0v) is 10.3. The normalized spacial score (nSPS) is 26.2. The highest BCUT2D eigenvalue weighted by atomic mass is 16.6. The second kappa shape index (κ2) is 5.50. The number of nitrogens with two attached hydrogens (primary N) is 1. The predicted molar refractivity (Wildman–Crippen MR) is 61.2 cm³/mol. The molecule has 5 nitrogen and oxygen atoms in total. The molecule has 1 aliphatic heterocycles. The van der Waals surface area contributed by atoms with E-state index in [9.17, 15) is 4.79 Å². The van der Waals surface area contributed by atoms with E-state index >= 15 is 0 Å². The number of nitrogens with one attached hydrogen (secondary N) is 1. The smallest absolute Gasteiger partial charge is 0.407 e. The first kappa shape index (κ1) is 13.3. The van der Waals surface area contributed by atoms with Gasteiger partial charge in [-0.2, -0.15) is 0 Å². The van der Waals surface area contributed by atoms with Crippen molar-refractivity contribution < 1.29 is 14.3 Å². The summed E-state index contributed by atoms with van der Waals surface area (Å²) < 4.78 is 10.6. The summed E-state index contributed by atoms with van der Waals surface area (Å²) in [6.45, 7) is 6.58. The van der Waals surface area contributed by atoms with Crippen LogP contribution in [0.3, 0.4) is 0 Å². The maximum atomic E-state index is 11.5. The molecule has 0 aromatic carbocycles. The van der Waals surface area contributed by atoms with Crippen LogP contribution in [0.25, 0.3) is 0 Å². The summed E-state index contributed by atoms with van der Waals surface area (Å²) in [5, 5.41) is 2.79. The number of carbonyl (C=O) groups excluding carboxylic acids is 1. The minimum Gasteiger partial charge on any atom is -0.444 e. The minimum absolute atomic E-state index is 0.0395. The van der Waals surface area contributed by atoms with Crippen molar-refractivity contribution in [2.45, 2.75) is 51.4 Å². The standard InChI is InChI=1S/C11H22N2O3/c1-11(2,3)16-10(14)13-8-4-5-9(6-12)15-7-8/h8-9H,4-7,12H2,1-3H3,(H,13,14). The van der Waals surface area contributed by atoms with E-state index in [0.717, 1.165) is 12.8 Å². The molecule has 0 aromatic rings. The molecule has 1 aliphatic rings. The lowest BCUT2D eigenvalue weighted by Crippen LogP contribution is -2.46. The van der Waals surface area contributed by atoms with Gasteiger partial charge >= 0.3 is 6.09 Å². The highest BCUT2D eigenvalue weighted by Gasteiger charge is 2.24. The molecule has 2 unspecified atom stereocenters. The molecule has 0 spiro atoms. The van der Waals surface area contributed by atoms with Gasteiger partial charge in [-0.3, -0.25) is 0 Å². The highest BCUT2D eigenvalue weighted by Crippen LogP contribution is 2.13. The van der Waals surface area contributed by atoms with Crippen LogP contribution in [-0.4, -0.2) is 37.0 Å². The molecule has 94 valence electrons. The molecular weight excluding hydrogens is 208 g/mol. The van der Waals surface area contributed by atoms with E-state index in [1.807, 2.05) is 20.8 Å². The maximum Gasteiger partial charge on any atom is 0.407 e. The van der Waals surface area contributed by atoms with Crippen LogP contribution in [-0.2, 0) is 9.47 Å². The van der Waals surface area contributed by atoms with E-state index in [4.69, 9.17) is 15.2 Å². The Bertz CT molecular complexity index is 230. The van der Waals surface area contributed by atoms with Gasteiger partial charge in [0.25, 0.3) is 0 Å². The Kier molecular flexibility index (Phi) is 4.56. The average molecular weight is 230 g/mol. The molecule has 0 bridgehead atoms. The lowest BCUT2D eigenvalue weighted by molar-refractivity contribution is -0.00322. The molecule has 16 heavy (non-hydrogen) atoms. The lowest BCUT2D eigenvalue weighted by atomic mass is 10.1. The summed E-state index contributed by atoms with van der Waals surface area (Å²) in [6.07, 6.45) is 1.53. The van der Waals surface area contributed by atoms with Crippen LogP contribution in [0, 0.1) is 0 Å². The Morgan fingerprint density at radius 3 is 2.62 bits per heavy atom. The molecule has 0 aromatic heterocycles. The fourth-order valence-corrected chi connectivity index (χ4v) is 1.58. The van der Waals surface area contributed by atoms with E-state index in [2.05, 4.69) is 5.32 Å². The molecule has 0 saturated carbocycles. The first-order chi connectivity index (χ1) is 7.40. The van der Waals surface area contributed by atoms with Gasteiger partial charge in [0.1, 0.15) is 5.60 Å². The summed E-state index contributed by atoms with van der Waals surface area (Å²) in [5.74, 6) is 0. The van der Waals surface area contributed by atoms with Gasteiger partial charge in [-0.05, 0) is 33.6 Å². The first-order valence-electron chi connectivity index (χ1n) is 5.72. The largest absolute Gasteiger partial charge is 0.444 e. The van der Waals surface area contributed by atoms with Crippen LogP contribution in [0.2, 0.25) is 0 Å². The number of hydrogen-bond acceptors (Lipinski definition) is 4. The van der Waals surface area contributed by atoms with Crippen molar-refractivity contribution >= 4 is 6.09 Å². The SMILES string of the molecule is CC(C)(C)OC(=O)NC1CCC(CN)OC1. The number of ether oxygens (including phenoxy) is 2. The Morgan fingerprint density at radius 1 is 1.50 bits per heavy atom. The van der Waals surface area contributed by atoms with Gasteiger partial charge < -0.3 is 20.5 Å². The molecule has 1 rings (SSSR count). The molecule has 2 atom stereocenters. The monoisotopic (exact) mass is 230 g/mol.